The molecule has 5 heteroatoms. The number of hydrogen-bond donors (Lipinski definition) is 1. The summed E-state index contributed by atoms with van der Waals surface area (Å²) in [5.74, 6) is 0. The van der Waals surface area contributed by atoms with Crippen LogP contribution in [-0.4, -0.2) is 33.7 Å². The Bertz CT molecular complexity index is 468. The van der Waals surface area contributed by atoms with Crippen molar-refractivity contribution < 1.29 is 14.0 Å². The van der Waals surface area contributed by atoms with E-state index in [2.05, 4.69) is 29.7 Å². The van der Waals surface area contributed by atoms with Crippen molar-refractivity contribution in [2.24, 2.45) is 0 Å². The minimum absolute atomic E-state index is 0.115. The molecule has 0 heterocycles. The van der Waals surface area contributed by atoms with Gasteiger partial charge in [0.2, 0.25) is 0 Å². The van der Waals surface area contributed by atoms with E-state index in [1.54, 1.807) is 0 Å². The Labute approximate surface area is 128 Å². The lowest BCUT2D eigenvalue weighted by atomic mass is 10.1. The second kappa shape index (κ2) is 8.00. The van der Waals surface area contributed by atoms with Gasteiger partial charge in [-0.1, -0.05) is 42.5 Å². The van der Waals surface area contributed by atoms with Crippen molar-refractivity contribution in [2.75, 3.05) is 7.11 Å². The van der Waals surface area contributed by atoms with Crippen LogP contribution in [0.1, 0.15) is 12.5 Å². The monoisotopic (exact) mass is 307 g/mol. The van der Waals surface area contributed by atoms with Crippen LogP contribution in [0.15, 0.2) is 36.4 Å². The fourth-order valence-electron chi connectivity index (χ4n) is 1.93. The van der Waals surface area contributed by atoms with E-state index < -0.39 is 14.4 Å². The SMILES string of the molecule is COC(=O)N[C@@H](/C=C/c1ccccc1)[C@H](C)O[Si](C)(C)C. The van der Waals surface area contributed by atoms with Crippen molar-refractivity contribution in [3.05, 3.63) is 42.0 Å². The normalized spacial score (nSPS) is 14.7. The number of methoxy groups -OCH3 is 1. The molecule has 1 amide bonds. The molecule has 0 aliphatic carbocycles. The Balaban J connectivity index is 2.81. The van der Waals surface area contributed by atoms with Crippen molar-refractivity contribution >= 4 is 20.5 Å². The van der Waals surface area contributed by atoms with Crippen LogP contribution in [0.5, 0.6) is 0 Å². The zero-order valence-electron chi connectivity index (χ0n) is 13.4. The van der Waals surface area contributed by atoms with E-state index in [1.165, 1.54) is 7.11 Å². The van der Waals surface area contributed by atoms with Gasteiger partial charge in [-0.3, -0.25) is 0 Å². The Morgan fingerprint density at radius 2 is 1.86 bits per heavy atom. The van der Waals surface area contributed by atoms with Gasteiger partial charge in [-0.25, -0.2) is 4.79 Å². The lowest BCUT2D eigenvalue weighted by Gasteiger charge is -2.28. The second-order valence-electron chi connectivity index (χ2n) is 5.87. The molecule has 0 spiro atoms. The van der Waals surface area contributed by atoms with E-state index in [4.69, 9.17) is 4.43 Å². The summed E-state index contributed by atoms with van der Waals surface area (Å²) in [5.41, 5.74) is 1.08. The highest BCUT2D eigenvalue weighted by Crippen LogP contribution is 2.12. The van der Waals surface area contributed by atoms with E-state index in [-0.39, 0.29) is 12.1 Å². The molecule has 0 unspecified atom stereocenters. The molecule has 0 aliphatic heterocycles. The fraction of sp³-hybridized carbons (Fsp3) is 0.438. The van der Waals surface area contributed by atoms with Crippen molar-refractivity contribution in [3.63, 3.8) is 0 Å². The molecule has 1 rings (SSSR count). The van der Waals surface area contributed by atoms with Gasteiger partial charge in [-0.05, 0) is 32.1 Å². The summed E-state index contributed by atoms with van der Waals surface area (Å²) in [4.78, 5) is 11.5. The van der Waals surface area contributed by atoms with Crippen LogP contribution in [0.25, 0.3) is 6.08 Å². The van der Waals surface area contributed by atoms with Gasteiger partial charge < -0.3 is 14.5 Å². The predicted molar refractivity (Wildman–Crippen MR) is 88.7 cm³/mol. The minimum atomic E-state index is -1.68. The van der Waals surface area contributed by atoms with E-state index in [1.807, 2.05) is 49.4 Å². The summed E-state index contributed by atoms with van der Waals surface area (Å²) in [5, 5.41) is 2.81. The van der Waals surface area contributed by atoms with Crippen LogP contribution < -0.4 is 5.32 Å². The van der Waals surface area contributed by atoms with Gasteiger partial charge in [0, 0.05) is 0 Å². The average Bonchev–Trinajstić information content (AvgIpc) is 2.42. The highest BCUT2D eigenvalue weighted by molar-refractivity contribution is 6.69. The average molecular weight is 307 g/mol. The molecule has 4 nitrogen and oxygen atoms in total. The van der Waals surface area contributed by atoms with Gasteiger partial charge in [-0.2, -0.15) is 0 Å². The molecule has 0 saturated carbocycles. The van der Waals surface area contributed by atoms with Gasteiger partial charge in [0.1, 0.15) is 0 Å². The van der Waals surface area contributed by atoms with Crippen molar-refractivity contribution in [1.29, 1.82) is 0 Å². The number of rotatable bonds is 6. The van der Waals surface area contributed by atoms with Crippen LogP contribution in [0, 0.1) is 0 Å². The number of alkyl carbamates (subject to hydrolysis) is 1. The standard InChI is InChI=1S/C16H25NO3Si/c1-13(20-21(3,4)5)15(17-16(18)19-2)12-11-14-9-7-6-8-10-14/h6-13,15H,1-5H3,(H,17,18)/b12-11+/t13-,15-/m0/s1. The summed E-state index contributed by atoms with van der Waals surface area (Å²) < 4.78 is 10.7. The van der Waals surface area contributed by atoms with Gasteiger partial charge in [0.15, 0.2) is 8.32 Å². The molecule has 0 aliphatic rings. The topological polar surface area (TPSA) is 47.6 Å². The molecule has 1 N–H and O–H groups in total. The first kappa shape index (κ1) is 17.5. The van der Waals surface area contributed by atoms with Crippen molar-refractivity contribution in [1.82, 2.24) is 5.32 Å². The molecular formula is C16H25NO3Si. The first-order valence-electron chi connectivity index (χ1n) is 7.07. The van der Waals surface area contributed by atoms with E-state index in [0.717, 1.165) is 5.56 Å². The largest absolute Gasteiger partial charge is 0.453 e. The maximum absolute atomic E-state index is 11.5. The molecule has 0 radical (unpaired) electrons. The molecule has 21 heavy (non-hydrogen) atoms. The maximum Gasteiger partial charge on any atom is 0.407 e. The molecule has 2 atom stereocenters. The number of carbonyl (C=O) groups is 1. The number of nitrogens with one attached hydrogen (secondary N) is 1. The van der Waals surface area contributed by atoms with E-state index in [0.29, 0.717) is 0 Å². The van der Waals surface area contributed by atoms with Crippen LogP contribution in [-0.2, 0) is 9.16 Å². The number of amides is 1. The molecule has 0 saturated heterocycles. The van der Waals surface area contributed by atoms with Crippen LogP contribution in [0.4, 0.5) is 4.79 Å². The molecular weight excluding hydrogens is 282 g/mol. The Hall–Kier alpha value is -1.59. The predicted octanol–water partition coefficient (Wildman–Crippen LogP) is 3.66. The molecule has 116 valence electrons. The fourth-order valence-corrected chi connectivity index (χ4v) is 3.19. The lowest BCUT2D eigenvalue weighted by molar-refractivity contribution is 0.146. The van der Waals surface area contributed by atoms with Crippen molar-refractivity contribution in [2.45, 2.75) is 38.7 Å². The first-order chi connectivity index (χ1) is 9.81. The molecule has 1 aromatic rings. The summed E-state index contributed by atoms with van der Waals surface area (Å²) in [6.07, 6.45) is 3.35. The van der Waals surface area contributed by atoms with E-state index >= 15 is 0 Å². The molecule has 0 bridgehead atoms. The van der Waals surface area contributed by atoms with Crippen LogP contribution in [0.3, 0.4) is 0 Å². The number of benzene rings is 1. The number of hydrogen-bond acceptors (Lipinski definition) is 3. The van der Waals surface area contributed by atoms with Gasteiger partial charge in [0.05, 0.1) is 19.3 Å². The summed E-state index contributed by atoms with van der Waals surface area (Å²) in [7, 11) is -0.320. The number of ether oxygens (including phenoxy) is 1. The second-order valence-corrected chi connectivity index (χ2v) is 10.3. The highest BCUT2D eigenvalue weighted by Gasteiger charge is 2.24. The molecule has 1 aromatic carbocycles. The highest BCUT2D eigenvalue weighted by atomic mass is 28.4. The summed E-state index contributed by atoms with van der Waals surface area (Å²) in [6.45, 7) is 8.34. The van der Waals surface area contributed by atoms with Gasteiger partial charge in [-0.15, -0.1) is 0 Å². The molecule has 0 aromatic heterocycles. The van der Waals surface area contributed by atoms with Crippen molar-refractivity contribution in [3.8, 4) is 0 Å². The van der Waals surface area contributed by atoms with E-state index in [9.17, 15) is 4.79 Å². The zero-order chi connectivity index (χ0) is 15.9. The lowest BCUT2D eigenvalue weighted by Crippen LogP contribution is -2.45. The van der Waals surface area contributed by atoms with Gasteiger partial charge in [0.25, 0.3) is 0 Å². The minimum Gasteiger partial charge on any atom is -0.453 e. The quantitative estimate of drug-likeness (QED) is 0.816. The third-order valence-corrected chi connectivity index (χ3v) is 3.89. The Kier molecular flexibility index (Phi) is 6.65. The Morgan fingerprint density at radius 3 is 2.38 bits per heavy atom. The summed E-state index contributed by atoms with van der Waals surface area (Å²) in [6, 6.07) is 9.71. The first-order valence-corrected chi connectivity index (χ1v) is 10.5. The zero-order valence-corrected chi connectivity index (χ0v) is 14.4. The van der Waals surface area contributed by atoms with Crippen LogP contribution >= 0.6 is 0 Å². The van der Waals surface area contributed by atoms with Crippen LogP contribution in [0.2, 0.25) is 19.6 Å². The summed E-state index contributed by atoms with van der Waals surface area (Å²) >= 11 is 0. The Morgan fingerprint density at radius 1 is 1.24 bits per heavy atom. The molecule has 0 fully saturated rings. The third kappa shape index (κ3) is 7.11. The number of carbonyl (C=O) groups excluding carboxylic acids is 1. The third-order valence-electron chi connectivity index (χ3n) is 2.81. The maximum atomic E-state index is 11.5. The van der Waals surface area contributed by atoms with Gasteiger partial charge >= 0.3 is 6.09 Å². The smallest absolute Gasteiger partial charge is 0.407 e.